The van der Waals surface area contributed by atoms with Crippen LogP contribution in [0.15, 0.2) is 84.9 Å². The highest BCUT2D eigenvalue weighted by atomic mass is 16.7. The van der Waals surface area contributed by atoms with Crippen molar-refractivity contribution in [2.75, 3.05) is 13.7 Å². The minimum atomic E-state index is -0.709. The Hall–Kier alpha value is -3.36. The Balaban J connectivity index is 1.36. The van der Waals surface area contributed by atoms with E-state index in [1.54, 1.807) is 31.4 Å². The molecular weight excluding hydrogens is 446 g/mol. The molecule has 0 aromatic heterocycles. The van der Waals surface area contributed by atoms with Crippen LogP contribution in [0.1, 0.15) is 31.8 Å². The van der Waals surface area contributed by atoms with E-state index in [2.05, 4.69) is 0 Å². The van der Waals surface area contributed by atoms with E-state index in [-0.39, 0.29) is 18.4 Å². The van der Waals surface area contributed by atoms with E-state index in [4.69, 9.17) is 18.9 Å². The summed E-state index contributed by atoms with van der Waals surface area (Å²) in [7, 11) is 1.54. The van der Waals surface area contributed by atoms with Crippen LogP contribution in [0.2, 0.25) is 0 Å². The Labute approximate surface area is 204 Å². The number of benzene rings is 3. The fraction of sp³-hybridized carbons (Fsp3) is 0.286. The van der Waals surface area contributed by atoms with Crippen LogP contribution in [0.25, 0.3) is 0 Å². The number of imide groups is 1. The van der Waals surface area contributed by atoms with Gasteiger partial charge in [-0.1, -0.05) is 72.8 Å². The minimum Gasteiger partial charge on any atom is -0.368 e. The van der Waals surface area contributed by atoms with Gasteiger partial charge in [-0.3, -0.25) is 14.5 Å². The van der Waals surface area contributed by atoms with Crippen molar-refractivity contribution in [3.63, 3.8) is 0 Å². The third-order valence-corrected chi connectivity index (χ3v) is 6.31. The van der Waals surface area contributed by atoms with Gasteiger partial charge in [-0.05, 0) is 23.3 Å². The molecule has 5 rings (SSSR count). The molecule has 0 radical (unpaired) electrons. The van der Waals surface area contributed by atoms with Gasteiger partial charge in [0.05, 0.1) is 30.9 Å². The molecule has 0 saturated carbocycles. The third kappa shape index (κ3) is 4.90. The van der Waals surface area contributed by atoms with Gasteiger partial charge in [0.2, 0.25) is 0 Å². The number of rotatable bonds is 9. The molecule has 180 valence electrons. The second kappa shape index (κ2) is 10.5. The zero-order valence-electron chi connectivity index (χ0n) is 19.4. The van der Waals surface area contributed by atoms with Gasteiger partial charge in [0.1, 0.15) is 18.3 Å². The first-order valence-corrected chi connectivity index (χ1v) is 11.6. The van der Waals surface area contributed by atoms with Crippen molar-refractivity contribution in [3.05, 3.63) is 107 Å². The summed E-state index contributed by atoms with van der Waals surface area (Å²) in [4.78, 5) is 27.2. The summed E-state index contributed by atoms with van der Waals surface area (Å²) in [6.07, 6.45) is -2.44. The molecule has 3 aromatic carbocycles. The van der Waals surface area contributed by atoms with Crippen molar-refractivity contribution in [1.29, 1.82) is 0 Å². The fourth-order valence-corrected chi connectivity index (χ4v) is 4.52. The molecule has 35 heavy (non-hydrogen) atoms. The van der Waals surface area contributed by atoms with E-state index in [9.17, 15) is 9.59 Å². The van der Waals surface area contributed by atoms with E-state index in [1.165, 1.54) is 4.90 Å². The maximum Gasteiger partial charge on any atom is 0.261 e. The molecule has 7 heteroatoms. The topological polar surface area (TPSA) is 74.3 Å². The zero-order valence-corrected chi connectivity index (χ0v) is 19.4. The number of fused-ring (bicyclic) bond motifs is 1. The lowest BCUT2D eigenvalue weighted by atomic mass is 10.1. The summed E-state index contributed by atoms with van der Waals surface area (Å²) < 4.78 is 24.3. The van der Waals surface area contributed by atoms with Crippen LogP contribution in [0.3, 0.4) is 0 Å². The number of hydrogen-bond acceptors (Lipinski definition) is 6. The quantitative estimate of drug-likeness (QED) is 0.440. The standard InChI is InChI=1S/C28H27NO6/c1-32-28-25(34-18-20-12-6-3-7-13-20)24(33-17-19-10-4-2-5-11-19)23(35-28)16-29-26(30)21-14-8-9-15-22(21)27(29)31/h2-15,23-25,28H,16-18H2,1H3/t23-,24-,25+,28?/m1/s1. The monoisotopic (exact) mass is 473 g/mol. The maximum atomic E-state index is 13.0. The Morgan fingerprint density at radius 2 is 1.20 bits per heavy atom. The van der Waals surface area contributed by atoms with Crippen LogP contribution < -0.4 is 0 Å². The van der Waals surface area contributed by atoms with E-state index in [1.807, 2.05) is 60.7 Å². The summed E-state index contributed by atoms with van der Waals surface area (Å²) in [5, 5.41) is 0. The fourth-order valence-electron chi connectivity index (χ4n) is 4.52. The van der Waals surface area contributed by atoms with Gasteiger partial charge < -0.3 is 18.9 Å². The Morgan fingerprint density at radius 3 is 1.71 bits per heavy atom. The first kappa shape index (κ1) is 23.4. The first-order chi connectivity index (χ1) is 17.2. The average molecular weight is 474 g/mol. The lowest BCUT2D eigenvalue weighted by Gasteiger charge is -2.26. The molecule has 7 nitrogen and oxygen atoms in total. The molecule has 0 aliphatic carbocycles. The number of hydrogen-bond donors (Lipinski definition) is 0. The van der Waals surface area contributed by atoms with Crippen LogP contribution in [0.5, 0.6) is 0 Å². The molecule has 0 N–H and O–H groups in total. The number of carbonyl (C=O) groups excluding carboxylic acids is 2. The largest absolute Gasteiger partial charge is 0.368 e. The van der Waals surface area contributed by atoms with Gasteiger partial charge in [0.15, 0.2) is 6.29 Å². The molecule has 4 atom stereocenters. The van der Waals surface area contributed by atoms with E-state index in [0.717, 1.165) is 11.1 Å². The lowest BCUT2D eigenvalue weighted by Crippen LogP contribution is -2.44. The molecule has 3 aromatic rings. The summed E-state index contributed by atoms with van der Waals surface area (Å²) in [6, 6.07) is 26.4. The van der Waals surface area contributed by atoms with Crippen molar-refractivity contribution in [2.45, 2.75) is 37.8 Å². The molecule has 1 unspecified atom stereocenters. The molecule has 0 spiro atoms. The first-order valence-electron chi connectivity index (χ1n) is 11.6. The predicted octanol–water partition coefficient (Wildman–Crippen LogP) is 3.82. The molecule has 0 bridgehead atoms. The highest BCUT2D eigenvalue weighted by Crippen LogP contribution is 2.32. The van der Waals surface area contributed by atoms with Gasteiger partial charge in [-0.15, -0.1) is 0 Å². The van der Waals surface area contributed by atoms with Crippen LogP contribution in [-0.2, 0) is 32.2 Å². The van der Waals surface area contributed by atoms with Crippen molar-refractivity contribution < 1.29 is 28.5 Å². The molecule has 1 fully saturated rings. The van der Waals surface area contributed by atoms with Crippen LogP contribution >= 0.6 is 0 Å². The minimum absolute atomic E-state index is 0.0386. The maximum absolute atomic E-state index is 13.0. The van der Waals surface area contributed by atoms with Gasteiger partial charge in [0, 0.05) is 7.11 Å². The Kier molecular flexibility index (Phi) is 7.01. The molecule has 1 saturated heterocycles. The van der Waals surface area contributed by atoms with E-state index in [0.29, 0.717) is 24.3 Å². The van der Waals surface area contributed by atoms with Crippen molar-refractivity contribution in [3.8, 4) is 0 Å². The second-order valence-electron chi connectivity index (χ2n) is 8.57. The number of methoxy groups -OCH3 is 1. The van der Waals surface area contributed by atoms with Gasteiger partial charge >= 0.3 is 0 Å². The summed E-state index contributed by atoms with van der Waals surface area (Å²) in [5.74, 6) is -0.669. The zero-order chi connectivity index (χ0) is 24.2. The number of amides is 2. The summed E-state index contributed by atoms with van der Waals surface area (Å²) in [6.45, 7) is 0.714. The average Bonchev–Trinajstić information content (AvgIpc) is 3.37. The van der Waals surface area contributed by atoms with Crippen LogP contribution in [-0.4, -0.2) is 55.0 Å². The highest BCUT2D eigenvalue weighted by Gasteiger charge is 2.49. The van der Waals surface area contributed by atoms with Crippen molar-refractivity contribution in [2.24, 2.45) is 0 Å². The Bertz CT molecular complexity index is 1130. The molecule has 2 aliphatic rings. The molecule has 2 aliphatic heterocycles. The van der Waals surface area contributed by atoms with Crippen LogP contribution in [0.4, 0.5) is 0 Å². The highest BCUT2D eigenvalue weighted by molar-refractivity contribution is 6.21. The van der Waals surface area contributed by atoms with Crippen LogP contribution in [0, 0.1) is 0 Å². The number of nitrogens with zero attached hydrogens (tertiary/aromatic N) is 1. The normalized spacial score (nSPS) is 23.6. The molecule has 2 heterocycles. The second-order valence-corrected chi connectivity index (χ2v) is 8.57. The lowest BCUT2D eigenvalue weighted by molar-refractivity contribution is -0.167. The van der Waals surface area contributed by atoms with Gasteiger partial charge in [0.25, 0.3) is 11.8 Å². The van der Waals surface area contributed by atoms with Gasteiger partial charge in [-0.2, -0.15) is 0 Å². The van der Waals surface area contributed by atoms with E-state index >= 15 is 0 Å². The number of ether oxygens (including phenoxy) is 4. The molecule has 2 amide bonds. The van der Waals surface area contributed by atoms with Gasteiger partial charge in [-0.25, -0.2) is 0 Å². The van der Waals surface area contributed by atoms with Crippen molar-refractivity contribution in [1.82, 2.24) is 4.90 Å². The summed E-state index contributed by atoms with van der Waals surface area (Å²) >= 11 is 0. The third-order valence-electron chi connectivity index (χ3n) is 6.31. The molecular formula is C28H27NO6. The van der Waals surface area contributed by atoms with Crippen molar-refractivity contribution >= 4 is 11.8 Å². The number of carbonyl (C=O) groups is 2. The predicted molar refractivity (Wildman–Crippen MR) is 128 cm³/mol. The van der Waals surface area contributed by atoms with E-state index < -0.39 is 24.6 Å². The summed E-state index contributed by atoms with van der Waals surface area (Å²) in [5.41, 5.74) is 2.80. The Morgan fingerprint density at radius 1 is 0.714 bits per heavy atom. The smallest absolute Gasteiger partial charge is 0.261 e. The SMILES string of the molecule is COC1O[C@H](CN2C(=O)c3ccccc3C2=O)[C@@H](OCc2ccccc2)[C@@H]1OCc1ccccc1.